The lowest BCUT2D eigenvalue weighted by Gasteiger charge is -2.32. The highest BCUT2D eigenvalue weighted by Crippen LogP contribution is 2.06. The van der Waals surface area contributed by atoms with Crippen molar-refractivity contribution in [2.24, 2.45) is 0 Å². The molecule has 0 bridgehead atoms. The summed E-state index contributed by atoms with van der Waals surface area (Å²) in [5.41, 5.74) is 0.997. The Morgan fingerprint density at radius 3 is 2.30 bits per heavy atom. The number of piperazine rings is 1. The fourth-order valence-electron chi connectivity index (χ4n) is 2.55. The first-order valence-corrected chi connectivity index (χ1v) is 7.97. The second-order valence-corrected chi connectivity index (χ2v) is 5.82. The predicted molar refractivity (Wildman–Crippen MR) is 88.7 cm³/mol. The third kappa shape index (κ3) is 5.33. The van der Waals surface area contributed by atoms with Gasteiger partial charge in [0.15, 0.2) is 0 Å². The van der Waals surface area contributed by atoms with Crippen molar-refractivity contribution in [1.82, 2.24) is 15.1 Å². The Bertz CT molecular complexity index is 522. The molecule has 1 aromatic carbocycles. The van der Waals surface area contributed by atoms with Crippen LogP contribution < -0.4 is 5.32 Å². The van der Waals surface area contributed by atoms with E-state index in [2.05, 4.69) is 26.9 Å². The van der Waals surface area contributed by atoms with Crippen molar-refractivity contribution in [3.05, 3.63) is 35.4 Å². The number of carbonyl (C=O) groups is 2. The third-order valence-electron chi connectivity index (χ3n) is 4.10. The number of esters is 1. The lowest BCUT2D eigenvalue weighted by molar-refractivity contribution is 0.0600. The predicted octanol–water partition coefficient (Wildman–Crippen LogP) is 0.841. The van der Waals surface area contributed by atoms with Crippen LogP contribution in [-0.4, -0.2) is 75.1 Å². The quantitative estimate of drug-likeness (QED) is 0.622. The number of rotatable bonds is 6. The summed E-state index contributed by atoms with van der Waals surface area (Å²) in [5, 5.41) is 2.92. The van der Waals surface area contributed by atoms with Crippen LogP contribution >= 0.6 is 0 Å². The van der Waals surface area contributed by atoms with Gasteiger partial charge in [-0.3, -0.25) is 4.79 Å². The molecule has 1 saturated heterocycles. The summed E-state index contributed by atoms with van der Waals surface area (Å²) in [5.74, 6) is -0.510. The van der Waals surface area contributed by atoms with Gasteiger partial charge in [-0.15, -0.1) is 0 Å². The van der Waals surface area contributed by atoms with Crippen LogP contribution in [0.4, 0.5) is 0 Å². The molecule has 6 nitrogen and oxygen atoms in total. The molecule has 0 atom stereocenters. The molecule has 23 heavy (non-hydrogen) atoms. The number of benzene rings is 1. The molecule has 0 radical (unpaired) electrons. The molecule has 6 heteroatoms. The first kappa shape index (κ1) is 17.4. The van der Waals surface area contributed by atoms with E-state index in [0.29, 0.717) is 17.7 Å². The highest BCUT2D eigenvalue weighted by molar-refractivity contribution is 5.96. The normalized spacial score (nSPS) is 16.1. The van der Waals surface area contributed by atoms with Crippen LogP contribution in [0.15, 0.2) is 24.3 Å². The summed E-state index contributed by atoms with van der Waals surface area (Å²) in [6, 6.07) is 6.49. The minimum Gasteiger partial charge on any atom is -0.465 e. The molecule has 1 aromatic rings. The number of carbonyl (C=O) groups excluding carboxylic acids is 2. The van der Waals surface area contributed by atoms with Crippen molar-refractivity contribution < 1.29 is 14.3 Å². The third-order valence-corrected chi connectivity index (χ3v) is 4.10. The maximum absolute atomic E-state index is 12.0. The topological polar surface area (TPSA) is 61.9 Å². The van der Waals surface area contributed by atoms with Gasteiger partial charge in [-0.1, -0.05) is 0 Å². The van der Waals surface area contributed by atoms with Crippen LogP contribution in [0.5, 0.6) is 0 Å². The van der Waals surface area contributed by atoms with Gasteiger partial charge in [0.2, 0.25) is 0 Å². The fourth-order valence-corrected chi connectivity index (χ4v) is 2.55. The molecule has 0 spiro atoms. The van der Waals surface area contributed by atoms with E-state index in [1.165, 1.54) is 7.11 Å². The first-order valence-electron chi connectivity index (χ1n) is 7.97. The average molecular weight is 319 g/mol. The van der Waals surface area contributed by atoms with Crippen LogP contribution in [0.3, 0.4) is 0 Å². The smallest absolute Gasteiger partial charge is 0.337 e. The number of methoxy groups -OCH3 is 1. The maximum atomic E-state index is 12.0. The van der Waals surface area contributed by atoms with E-state index in [1.54, 1.807) is 24.3 Å². The van der Waals surface area contributed by atoms with Gasteiger partial charge in [0.25, 0.3) is 5.91 Å². The molecule has 1 fully saturated rings. The van der Waals surface area contributed by atoms with Crippen molar-refractivity contribution in [1.29, 1.82) is 0 Å². The highest BCUT2D eigenvalue weighted by atomic mass is 16.5. The summed E-state index contributed by atoms with van der Waals surface area (Å²) in [7, 11) is 3.48. The van der Waals surface area contributed by atoms with Crippen LogP contribution in [0, 0.1) is 0 Å². The summed E-state index contributed by atoms with van der Waals surface area (Å²) >= 11 is 0. The SMILES string of the molecule is COC(=O)c1ccc(C(=O)NCCCN2CCN(C)CC2)cc1. The summed E-state index contributed by atoms with van der Waals surface area (Å²) in [6.45, 7) is 6.08. The van der Waals surface area contributed by atoms with E-state index < -0.39 is 5.97 Å². The number of hydrogen-bond acceptors (Lipinski definition) is 5. The van der Waals surface area contributed by atoms with E-state index in [-0.39, 0.29) is 5.91 Å². The Labute approximate surface area is 137 Å². The minimum atomic E-state index is -0.399. The number of amides is 1. The molecular formula is C17H25N3O3. The Kier molecular flexibility index (Phi) is 6.55. The molecule has 0 unspecified atom stereocenters. The Morgan fingerprint density at radius 2 is 1.70 bits per heavy atom. The molecular weight excluding hydrogens is 294 g/mol. The van der Waals surface area contributed by atoms with Crippen molar-refractivity contribution in [2.75, 3.05) is 53.4 Å². The standard InChI is InChI=1S/C17H25N3O3/c1-19-10-12-20(13-11-19)9-3-8-18-16(21)14-4-6-15(7-5-14)17(22)23-2/h4-7H,3,8-13H2,1-2H3,(H,18,21). The van der Waals surface area contributed by atoms with Gasteiger partial charge in [-0.2, -0.15) is 0 Å². The van der Waals surface area contributed by atoms with Gasteiger partial charge in [0.05, 0.1) is 12.7 Å². The van der Waals surface area contributed by atoms with Crippen molar-refractivity contribution >= 4 is 11.9 Å². The summed E-state index contributed by atoms with van der Waals surface area (Å²) in [6.07, 6.45) is 0.940. The van der Waals surface area contributed by atoms with E-state index in [9.17, 15) is 9.59 Å². The van der Waals surface area contributed by atoms with E-state index >= 15 is 0 Å². The van der Waals surface area contributed by atoms with Crippen LogP contribution in [0.1, 0.15) is 27.1 Å². The molecule has 0 aliphatic carbocycles. The Hall–Kier alpha value is -1.92. The van der Waals surface area contributed by atoms with Gasteiger partial charge >= 0.3 is 5.97 Å². The van der Waals surface area contributed by atoms with Gasteiger partial charge in [-0.05, 0) is 44.3 Å². The molecule has 1 amide bonds. The van der Waals surface area contributed by atoms with Crippen LogP contribution in [0.2, 0.25) is 0 Å². The minimum absolute atomic E-state index is 0.111. The molecule has 1 N–H and O–H groups in total. The monoisotopic (exact) mass is 319 g/mol. The van der Waals surface area contributed by atoms with Crippen molar-refractivity contribution in [2.45, 2.75) is 6.42 Å². The molecule has 0 saturated carbocycles. The Morgan fingerprint density at radius 1 is 1.09 bits per heavy atom. The summed E-state index contributed by atoms with van der Waals surface area (Å²) in [4.78, 5) is 28.1. The van der Waals surface area contributed by atoms with Crippen LogP contribution in [-0.2, 0) is 4.74 Å². The number of hydrogen-bond donors (Lipinski definition) is 1. The van der Waals surface area contributed by atoms with Gasteiger partial charge in [-0.25, -0.2) is 4.79 Å². The van der Waals surface area contributed by atoms with Gasteiger partial charge in [0, 0.05) is 38.3 Å². The average Bonchev–Trinajstić information content (AvgIpc) is 2.59. The molecule has 126 valence electrons. The number of likely N-dealkylation sites (N-methyl/N-ethyl adjacent to an activating group) is 1. The first-order chi connectivity index (χ1) is 11.1. The van der Waals surface area contributed by atoms with E-state index in [4.69, 9.17) is 0 Å². The zero-order chi connectivity index (χ0) is 16.7. The Balaban J connectivity index is 1.69. The van der Waals surface area contributed by atoms with Gasteiger partial charge in [0.1, 0.15) is 0 Å². The number of ether oxygens (including phenoxy) is 1. The van der Waals surface area contributed by atoms with Crippen LogP contribution in [0.25, 0.3) is 0 Å². The molecule has 1 aliphatic heterocycles. The zero-order valence-corrected chi connectivity index (χ0v) is 13.9. The molecule has 1 heterocycles. The number of nitrogens with one attached hydrogen (secondary N) is 1. The second-order valence-electron chi connectivity index (χ2n) is 5.82. The zero-order valence-electron chi connectivity index (χ0n) is 13.9. The largest absolute Gasteiger partial charge is 0.465 e. The molecule has 1 aliphatic rings. The highest BCUT2D eigenvalue weighted by Gasteiger charge is 2.13. The fraction of sp³-hybridized carbons (Fsp3) is 0.529. The second kappa shape index (κ2) is 8.64. The van der Waals surface area contributed by atoms with Gasteiger partial charge < -0.3 is 19.9 Å². The lowest BCUT2D eigenvalue weighted by atomic mass is 10.1. The number of nitrogens with zero attached hydrogens (tertiary/aromatic N) is 2. The van der Waals surface area contributed by atoms with E-state index in [1.807, 2.05) is 0 Å². The van der Waals surface area contributed by atoms with Crippen molar-refractivity contribution in [3.8, 4) is 0 Å². The molecule has 0 aromatic heterocycles. The maximum Gasteiger partial charge on any atom is 0.337 e. The van der Waals surface area contributed by atoms with E-state index in [0.717, 1.165) is 39.1 Å². The lowest BCUT2D eigenvalue weighted by Crippen LogP contribution is -2.45. The van der Waals surface area contributed by atoms with Crippen molar-refractivity contribution in [3.63, 3.8) is 0 Å². The summed E-state index contributed by atoms with van der Waals surface area (Å²) < 4.78 is 4.63. The molecule has 2 rings (SSSR count).